The zero-order valence-corrected chi connectivity index (χ0v) is 13.6. The van der Waals surface area contributed by atoms with Gasteiger partial charge in [0.25, 0.3) is 0 Å². The van der Waals surface area contributed by atoms with E-state index in [2.05, 4.69) is 10.1 Å². The summed E-state index contributed by atoms with van der Waals surface area (Å²) in [6.45, 7) is 5.47. The molecule has 1 N–H and O–H groups in total. The number of hydrogen-bond donors (Lipinski definition) is 1. The fraction of sp³-hybridized carbons (Fsp3) is 0.222. The van der Waals surface area contributed by atoms with Gasteiger partial charge in [0.2, 0.25) is 0 Å². The van der Waals surface area contributed by atoms with Crippen LogP contribution in [0.5, 0.6) is 5.75 Å². The van der Waals surface area contributed by atoms with E-state index in [9.17, 15) is 10.4 Å². The van der Waals surface area contributed by atoms with Crippen LogP contribution in [0.15, 0.2) is 41.7 Å². The lowest BCUT2D eigenvalue weighted by Crippen LogP contribution is -2.18. The van der Waals surface area contributed by atoms with Crippen LogP contribution in [0.3, 0.4) is 0 Å². The number of aromatic hydroxyl groups is 1. The van der Waals surface area contributed by atoms with Gasteiger partial charge in [-0.25, -0.2) is 0 Å². The summed E-state index contributed by atoms with van der Waals surface area (Å²) in [5, 5.41) is 32.7. The van der Waals surface area contributed by atoms with E-state index in [1.165, 1.54) is 24.4 Å². The van der Waals surface area contributed by atoms with Gasteiger partial charge in [-0.15, -0.1) is 0 Å². The number of benzene rings is 1. The van der Waals surface area contributed by atoms with E-state index in [-0.39, 0.29) is 28.3 Å². The van der Waals surface area contributed by atoms with Crippen LogP contribution in [-0.2, 0) is 4.84 Å². The Bertz CT molecular complexity index is 868. The molecule has 6 nitrogen and oxygen atoms in total. The highest BCUT2D eigenvalue weighted by molar-refractivity contribution is 6.14. The maximum absolute atomic E-state index is 10.2. The topological polar surface area (TPSA) is 102 Å². The van der Waals surface area contributed by atoms with Crippen molar-refractivity contribution in [2.45, 2.75) is 26.4 Å². The molecule has 0 aliphatic carbocycles. The van der Waals surface area contributed by atoms with Gasteiger partial charge in [0.05, 0.1) is 17.2 Å². The van der Waals surface area contributed by atoms with Crippen LogP contribution < -0.4 is 0 Å². The SMILES string of the molecule is CC(C)(C)ON=C(c1cc(C#N)ccc1O)c1ncccc1C#N. The Morgan fingerprint density at radius 2 is 1.96 bits per heavy atom. The van der Waals surface area contributed by atoms with Gasteiger partial charge in [-0.1, -0.05) is 5.16 Å². The fourth-order valence-corrected chi connectivity index (χ4v) is 1.88. The van der Waals surface area contributed by atoms with Gasteiger partial charge in [0.1, 0.15) is 28.8 Å². The Kier molecular flexibility index (Phi) is 4.81. The first-order valence-corrected chi connectivity index (χ1v) is 7.21. The van der Waals surface area contributed by atoms with Crippen molar-refractivity contribution in [2.75, 3.05) is 0 Å². The van der Waals surface area contributed by atoms with Gasteiger partial charge in [0.15, 0.2) is 0 Å². The summed E-state index contributed by atoms with van der Waals surface area (Å²) in [6.07, 6.45) is 1.52. The van der Waals surface area contributed by atoms with E-state index in [1.54, 1.807) is 12.1 Å². The molecular weight excluding hydrogens is 304 g/mol. The number of nitrogens with zero attached hydrogens (tertiary/aromatic N) is 4. The average Bonchev–Trinajstić information content (AvgIpc) is 2.56. The predicted molar refractivity (Wildman–Crippen MR) is 88.3 cm³/mol. The Morgan fingerprint density at radius 1 is 1.21 bits per heavy atom. The zero-order valence-electron chi connectivity index (χ0n) is 13.6. The largest absolute Gasteiger partial charge is 0.507 e. The van der Waals surface area contributed by atoms with Crippen molar-refractivity contribution < 1.29 is 9.94 Å². The number of pyridine rings is 1. The van der Waals surface area contributed by atoms with Crippen LogP contribution in [0.25, 0.3) is 0 Å². The van der Waals surface area contributed by atoms with E-state index < -0.39 is 5.60 Å². The highest BCUT2D eigenvalue weighted by Crippen LogP contribution is 2.24. The van der Waals surface area contributed by atoms with Crippen LogP contribution in [0, 0.1) is 22.7 Å². The zero-order chi connectivity index (χ0) is 17.7. The normalized spacial score (nSPS) is 11.5. The van der Waals surface area contributed by atoms with Crippen LogP contribution >= 0.6 is 0 Å². The number of rotatable bonds is 3. The second-order valence-electron chi connectivity index (χ2n) is 6.00. The van der Waals surface area contributed by atoms with Gasteiger partial charge in [-0.05, 0) is 51.1 Å². The molecule has 0 unspecified atom stereocenters. The Labute approximate surface area is 140 Å². The van der Waals surface area contributed by atoms with E-state index in [0.717, 1.165) is 0 Å². The molecule has 0 saturated heterocycles. The number of phenolic OH excluding ortho intramolecular Hbond substituents is 1. The minimum absolute atomic E-state index is 0.0835. The first-order chi connectivity index (χ1) is 11.4. The van der Waals surface area contributed by atoms with Crippen molar-refractivity contribution in [3.05, 3.63) is 58.9 Å². The van der Waals surface area contributed by atoms with Crippen molar-refractivity contribution in [1.82, 2.24) is 4.98 Å². The fourth-order valence-electron chi connectivity index (χ4n) is 1.88. The lowest BCUT2D eigenvalue weighted by Gasteiger charge is -2.17. The van der Waals surface area contributed by atoms with Gasteiger partial charge < -0.3 is 9.94 Å². The van der Waals surface area contributed by atoms with Gasteiger partial charge in [-0.2, -0.15) is 10.5 Å². The molecule has 0 saturated carbocycles. The van der Waals surface area contributed by atoms with Crippen LogP contribution in [-0.4, -0.2) is 21.4 Å². The molecule has 120 valence electrons. The van der Waals surface area contributed by atoms with Crippen molar-refractivity contribution in [1.29, 1.82) is 10.5 Å². The summed E-state index contributed by atoms with van der Waals surface area (Å²) < 4.78 is 0. The highest BCUT2D eigenvalue weighted by atomic mass is 16.6. The van der Waals surface area contributed by atoms with Gasteiger partial charge in [0, 0.05) is 11.8 Å². The summed E-state index contributed by atoms with van der Waals surface area (Å²) >= 11 is 0. The van der Waals surface area contributed by atoms with Crippen molar-refractivity contribution in [3.63, 3.8) is 0 Å². The van der Waals surface area contributed by atoms with E-state index in [4.69, 9.17) is 10.1 Å². The molecule has 2 rings (SSSR count). The van der Waals surface area contributed by atoms with Crippen LogP contribution in [0.1, 0.15) is 43.2 Å². The molecule has 1 heterocycles. The quantitative estimate of drug-likeness (QED) is 0.691. The third kappa shape index (κ3) is 3.88. The molecular formula is C18H16N4O2. The van der Waals surface area contributed by atoms with E-state index >= 15 is 0 Å². The molecule has 0 aliphatic rings. The van der Waals surface area contributed by atoms with Gasteiger partial charge >= 0.3 is 0 Å². The monoisotopic (exact) mass is 320 g/mol. The van der Waals surface area contributed by atoms with Crippen molar-refractivity contribution in [2.24, 2.45) is 5.16 Å². The minimum atomic E-state index is -0.574. The number of aromatic nitrogens is 1. The van der Waals surface area contributed by atoms with E-state index in [0.29, 0.717) is 5.56 Å². The summed E-state index contributed by atoms with van der Waals surface area (Å²) in [5.74, 6) is -0.0835. The highest BCUT2D eigenvalue weighted by Gasteiger charge is 2.20. The lowest BCUT2D eigenvalue weighted by molar-refractivity contribution is 0.00111. The standard InChI is InChI=1S/C18H16N4O2/c1-18(2,3)24-22-17(16-13(11-20)5-4-8-21-16)14-9-12(10-19)6-7-15(14)23/h4-9,23H,1-3H3. The Morgan fingerprint density at radius 3 is 2.58 bits per heavy atom. The Hall–Kier alpha value is -3.38. The number of hydrogen-bond acceptors (Lipinski definition) is 6. The van der Waals surface area contributed by atoms with Crippen molar-refractivity contribution >= 4 is 5.71 Å². The summed E-state index contributed by atoms with van der Waals surface area (Å²) in [7, 11) is 0. The molecule has 0 amide bonds. The number of nitriles is 2. The molecule has 6 heteroatoms. The number of oxime groups is 1. The first kappa shape index (κ1) is 17.0. The molecule has 0 fully saturated rings. The molecule has 1 aromatic heterocycles. The van der Waals surface area contributed by atoms with Gasteiger partial charge in [-0.3, -0.25) is 4.98 Å². The third-order valence-corrected chi connectivity index (χ3v) is 2.94. The van der Waals surface area contributed by atoms with Crippen LogP contribution in [0.2, 0.25) is 0 Å². The molecule has 0 aliphatic heterocycles. The summed E-state index contributed by atoms with van der Waals surface area (Å²) in [5.41, 5.74) is 0.797. The molecule has 0 spiro atoms. The maximum atomic E-state index is 10.2. The second kappa shape index (κ2) is 6.80. The summed E-state index contributed by atoms with van der Waals surface area (Å²) in [6, 6.07) is 11.7. The third-order valence-electron chi connectivity index (χ3n) is 2.94. The maximum Gasteiger partial charge on any atom is 0.140 e. The van der Waals surface area contributed by atoms with E-state index in [1.807, 2.05) is 32.9 Å². The minimum Gasteiger partial charge on any atom is -0.507 e. The second-order valence-corrected chi connectivity index (χ2v) is 6.00. The summed E-state index contributed by atoms with van der Waals surface area (Å²) in [4.78, 5) is 9.67. The Balaban J connectivity index is 2.70. The average molecular weight is 320 g/mol. The molecule has 2 aromatic rings. The van der Waals surface area contributed by atoms with Crippen molar-refractivity contribution in [3.8, 4) is 17.9 Å². The first-order valence-electron chi connectivity index (χ1n) is 7.21. The molecule has 0 atom stereocenters. The molecule has 0 radical (unpaired) electrons. The molecule has 24 heavy (non-hydrogen) atoms. The smallest absolute Gasteiger partial charge is 0.140 e. The predicted octanol–water partition coefficient (Wildman–Crippen LogP) is 3.10. The lowest BCUT2D eigenvalue weighted by atomic mass is 10.0. The number of phenols is 1. The molecule has 0 bridgehead atoms. The van der Waals surface area contributed by atoms with Crippen LogP contribution in [0.4, 0.5) is 0 Å². The molecule has 1 aromatic carbocycles.